The van der Waals surface area contributed by atoms with Gasteiger partial charge in [-0.3, -0.25) is 0 Å². The smallest absolute Gasteiger partial charge is 0.420 e. The van der Waals surface area contributed by atoms with Crippen LogP contribution in [0.25, 0.3) is 0 Å². The Morgan fingerprint density at radius 2 is 2.00 bits per heavy atom. The maximum atomic E-state index is 12.9. The van der Waals surface area contributed by atoms with Gasteiger partial charge in [0.15, 0.2) is 0 Å². The summed E-state index contributed by atoms with van der Waals surface area (Å²) in [5, 5.41) is 0.0731. The van der Waals surface area contributed by atoms with Gasteiger partial charge in [-0.15, -0.1) is 0 Å². The molecule has 0 amide bonds. The molecule has 20 heavy (non-hydrogen) atoms. The molecular formula is C12H12F3N3OS. The molecule has 0 unspecified atom stereocenters. The van der Waals surface area contributed by atoms with Crippen LogP contribution in [-0.2, 0) is 6.18 Å². The van der Waals surface area contributed by atoms with Gasteiger partial charge in [0.2, 0.25) is 0 Å². The molecule has 0 bridgehead atoms. The van der Waals surface area contributed by atoms with Crippen molar-refractivity contribution in [3.63, 3.8) is 0 Å². The molecule has 0 aliphatic carbocycles. The normalized spacial score (nSPS) is 11.9. The summed E-state index contributed by atoms with van der Waals surface area (Å²) >= 11 is 0.914. The number of aromatic nitrogens is 2. The molecule has 108 valence electrons. The third-order valence-corrected chi connectivity index (χ3v) is 3.05. The van der Waals surface area contributed by atoms with Crippen LogP contribution in [0.5, 0.6) is 10.9 Å². The fraction of sp³-hybridized carbons (Fsp3) is 0.333. The molecule has 1 aromatic carbocycles. The lowest BCUT2D eigenvalue weighted by Gasteiger charge is -2.12. The Hall–Kier alpha value is -1.83. The first kappa shape index (κ1) is 14.6. The Balaban J connectivity index is 2.33. The molecule has 0 aliphatic rings. The summed E-state index contributed by atoms with van der Waals surface area (Å²) in [5.74, 6) is 0.282. The molecule has 0 saturated heterocycles. The number of halogens is 3. The number of benzene rings is 1. The number of hydrogen-bond acceptors (Lipinski definition) is 5. The maximum Gasteiger partial charge on any atom is 0.420 e. The molecule has 0 fully saturated rings. The van der Waals surface area contributed by atoms with Crippen molar-refractivity contribution < 1.29 is 17.9 Å². The lowest BCUT2D eigenvalue weighted by molar-refractivity contribution is -0.138. The third kappa shape index (κ3) is 3.19. The summed E-state index contributed by atoms with van der Waals surface area (Å²) in [6.07, 6.45) is -4.55. The summed E-state index contributed by atoms with van der Waals surface area (Å²) in [6, 6.07) is 3.35. The summed E-state index contributed by atoms with van der Waals surface area (Å²) in [6.45, 7) is 3.77. The molecule has 1 aromatic heterocycles. The number of rotatable bonds is 3. The second-order valence-electron chi connectivity index (χ2n) is 4.43. The molecule has 0 spiro atoms. The monoisotopic (exact) mass is 303 g/mol. The fourth-order valence-electron chi connectivity index (χ4n) is 1.45. The molecule has 8 heteroatoms. The average Bonchev–Trinajstić information content (AvgIpc) is 2.79. The first-order chi connectivity index (χ1) is 9.27. The van der Waals surface area contributed by atoms with E-state index in [1.165, 1.54) is 12.1 Å². The van der Waals surface area contributed by atoms with E-state index in [2.05, 4.69) is 9.36 Å². The van der Waals surface area contributed by atoms with E-state index in [-0.39, 0.29) is 22.5 Å². The predicted octanol–water partition coefficient (Wildman–Crippen LogP) is 4.05. The van der Waals surface area contributed by atoms with Crippen LogP contribution in [0.2, 0.25) is 0 Å². The van der Waals surface area contributed by atoms with Crippen molar-refractivity contribution in [2.24, 2.45) is 0 Å². The highest BCUT2D eigenvalue weighted by atomic mass is 32.1. The van der Waals surface area contributed by atoms with E-state index in [9.17, 15) is 13.2 Å². The second kappa shape index (κ2) is 5.28. The Morgan fingerprint density at radius 3 is 2.55 bits per heavy atom. The molecule has 1 heterocycles. The van der Waals surface area contributed by atoms with Crippen LogP contribution >= 0.6 is 11.5 Å². The van der Waals surface area contributed by atoms with Crippen molar-refractivity contribution in [1.82, 2.24) is 9.36 Å². The van der Waals surface area contributed by atoms with Crippen LogP contribution in [0.4, 0.5) is 18.9 Å². The zero-order valence-corrected chi connectivity index (χ0v) is 11.5. The number of anilines is 1. The highest BCUT2D eigenvalue weighted by Gasteiger charge is 2.35. The van der Waals surface area contributed by atoms with E-state index in [1.54, 1.807) is 0 Å². The molecule has 2 aromatic rings. The minimum absolute atomic E-state index is 0.0183. The molecule has 0 aliphatic heterocycles. The van der Waals surface area contributed by atoms with E-state index in [1.807, 2.05) is 13.8 Å². The second-order valence-corrected chi connectivity index (χ2v) is 5.14. The minimum atomic E-state index is -4.55. The molecule has 4 nitrogen and oxygen atoms in total. The van der Waals surface area contributed by atoms with Gasteiger partial charge in [-0.25, -0.2) is 0 Å². The van der Waals surface area contributed by atoms with Gasteiger partial charge in [-0.05, 0) is 18.2 Å². The molecule has 0 radical (unpaired) electrons. The van der Waals surface area contributed by atoms with Gasteiger partial charge in [0.25, 0.3) is 5.19 Å². The largest absolute Gasteiger partial charge is 0.429 e. The van der Waals surface area contributed by atoms with Crippen molar-refractivity contribution >= 4 is 17.2 Å². The van der Waals surface area contributed by atoms with Gasteiger partial charge in [-0.1, -0.05) is 13.8 Å². The lowest BCUT2D eigenvalue weighted by Crippen LogP contribution is -2.08. The molecule has 2 N–H and O–H groups in total. The summed E-state index contributed by atoms with van der Waals surface area (Å²) < 4.78 is 47.9. The van der Waals surface area contributed by atoms with Crippen LogP contribution in [0.1, 0.15) is 31.2 Å². The Kier molecular flexibility index (Phi) is 3.85. The Morgan fingerprint density at radius 1 is 1.30 bits per heavy atom. The number of hydrogen-bond donors (Lipinski definition) is 1. The van der Waals surface area contributed by atoms with E-state index in [4.69, 9.17) is 10.5 Å². The number of nitrogens with two attached hydrogens (primary N) is 1. The fourth-order valence-corrected chi connectivity index (χ4v) is 2.13. The first-order valence-corrected chi connectivity index (χ1v) is 6.53. The van der Waals surface area contributed by atoms with Crippen molar-refractivity contribution in [3.8, 4) is 10.9 Å². The molecular weight excluding hydrogens is 291 g/mol. The van der Waals surface area contributed by atoms with Crippen molar-refractivity contribution in [3.05, 3.63) is 29.6 Å². The number of ether oxygens (including phenoxy) is 1. The maximum absolute atomic E-state index is 12.9. The standard InChI is InChI=1S/C12H12F3N3OS/c1-6(2)10-17-11(20-18-10)19-9-4-3-7(16)5-8(9)12(13,14)15/h3-6H,16H2,1-2H3. The van der Waals surface area contributed by atoms with Crippen molar-refractivity contribution in [2.45, 2.75) is 25.9 Å². The van der Waals surface area contributed by atoms with Gasteiger partial charge < -0.3 is 10.5 Å². The topological polar surface area (TPSA) is 61.0 Å². The number of nitrogen functional groups attached to an aromatic ring is 1. The van der Waals surface area contributed by atoms with Crippen LogP contribution in [0.15, 0.2) is 18.2 Å². The van der Waals surface area contributed by atoms with Crippen LogP contribution in [-0.4, -0.2) is 9.36 Å². The number of alkyl halides is 3. The highest BCUT2D eigenvalue weighted by Crippen LogP contribution is 2.39. The lowest BCUT2D eigenvalue weighted by atomic mass is 10.1. The van der Waals surface area contributed by atoms with Gasteiger partial charge in [0, 0.05) is 23.1 Å². The van der Waals surface area contributed by atoms with Crippen LogP contribution in [0.3, 0.4) is 0 Å². The van der Waals surface area contributed by atoms with Crippen LogP contribution < -0.4 is 10.5 Å². The van der Waals surface area contributed by atoms with E-state index < -0.39 is 11.7 Å². The van der Waals surface area contributed by atoms with E-state index >= 15 is 0 Å². The Bertz CT molecular complexity index is 610. The van der Waals surface area contributed by atoms with Gasteiger partial charge in [0.1, 0.15) is 17.1 Å². The van der Waals surface area contributed by atoms with Gasteiger partial charge in [0.05, 0.1) is 0 Å². The zero-order chi connectivity index (χ0) is 14.9. The Labute approximate surface area is 117 Å². The molecule has 2 rings (SSSR count). The van der Waals surface area contributed by atoms with E-state index in [0.717, 1.165) is 17.6 Å². The average molecular weight is 303 g/mol. The van der Waals surface area contributed by atoms with Gasteiger partial charge in [-0.2, -0.15) is 22.5 Å². The molecule has 0 saturated carbocycles. The van der Waals surface area contributed by atoms with E-state index in [0.29, 0.717) is 5.82 Å². The summed E-state index contributed by atoms with van der Waals surface area (Å²) in [7, 11) is 0. The van der Waals surface area contributed by atoms with Crippen LogP contribution in [0, 0.1) is 0 Å². The highest BCUT2D eigenvalue weighted by molar-refractivity contribution is 7.07. The summed E-state index contributed by atoms with van der Waals surface area (Å²) in [4.78, 5) is 4.04. The third-order valence-electron chi connectivity index (χ3n) is 2.45. The quantitative estimate of drug-likeness (QED) is 0.869. The zero-order valence-electron chi connectivity index (χ0n) is 10.7. The minimum Gasteiger partial charge on any atom is -0.429 e. The first-order valence-electron chi connectivity index (χ1n) is 5.75. The predicted molar refractivity (Wildman–Crippen MR) is 69.9 cm³/mol. The summed E-state index contributed by atoms with van der Waals surface area (Å²) in [5.41, 5.74) is 4.47. The van der Waals surface area contributed by atoms with Crippen molar-refractivity contribution in [1.29, 1.82) is 0 Å². The SMILES string of the molecule is CC(C)c1nsc(Oc2ccc(N)cc2C(F)(F)F)n1. The number of nitrogens with zero attached hydrogens (tertiary/aromatic N) is 2. The van der Waals surface area contributed by atoms with Gasteiger partial charge >= 0.3 is 6.18 Å². The van der Waals surface area contributed by atoms with Crippen molar-refractivity contribution in [2.75, 3.05) is 5.73 Å². The molecule has 0 atom stereocenters.